The predicted octanol–water partition coefficient (Wildman–Crippen LogP) is 4.21. The summed E-state index contributed by atoms with van der Waals surface area (Å²) in [4.78, 5) is 29.4. The van der Waals surface area contributed by atoms with Gasteiger partial charge in [-0.3, -0.25) is 0 Å². The molecule has 4 heterocycles. The van der Waals surface area contributed by atoms with Crippen LogP contribution in [0.25, 0.3) is 11.3 Å². The number of nitrogens with zero attached hydrogens (tertiary/aromatic N) is 8. The fourth-order valence-corrected chi connectivity index (χ4v) is 5.82. The molecule has 288 valence electrons. The largest absolute Gasteiger partial charge is 0.488 e. The Kier molecular flexibility index (Phi) is 13.0. The fourth-order valence-electron chi connectivity index (χ4n) is 5.50. The number of aromatic nitrogens is 4. The van der Waals surface area contributed by atoms with Gasteiger partial charge in [0.05, 0.1) is 17.8 Å². The molecule has 2 saturated heterocycles. The number of halogens is 3. The minimum Gasteiger partial charge on any atom is -0.423 e. The molecule has 2 aromatic carbocycles. The second-order valence-electron chi connectivity index (χ2n) is 13.8. The molecule has 6 rings (SSSR count). The van der Waals surface area contributed by atoms with E-state index in [0.717, 1.165) is 15.4 Å². The topological polar surface area (TPSA) is 180 Å². The van der Waals surface area contributed by atoms with Crippen LogP contribution < -0.4 is 15.3 Å². The molecule has 4 amide bonds. The van der Waals surface area contributed by atoms with Gasteiger partial charge in [-0.15, -0.1) is 20.4 Å². The van der Waals surface area contributed by atoms with Crippen LogP contribution in [-0.4, -0.2) is 108 Å². The molecule has 4 N–H and O–H groups in total. The van der Waals surface area contributed by atoms with Gasteiger partial charge in [0.1, 0.15) is 11.3 Å². The summed E-state index contributed by atoms with van der Waals surface area (Å²) in [6.07, 6.45) is -2.14. The quantitative estimate of drug-likeness (QED) is 0.208. The minimum absolute atomic E-state index is 0.0659. The van der Waals surface area contributed by atoms with Crippen LogP contribution in [0.1, 0.15) is 52.7 Å². The second kappa shape index (κ2) is 16.7. The van der Waals surface area contributed by atoms with Crippen LogP contribution in [0.4, 0.5) is 30.0 Å². The normalized spacial score (nSPS) is 20.1. The summed E-state index contributed by atoms with van der Waals surface area (Å²) in [6.45, 7) is 8.95. The monoisotopic (exact) mass is 768 g/mol. The Morgan fingerprint density at radius 3 is 1.46 bits per heavy atom. The Hall–Kier alpha value is -4.81. The van der Waals surface area contributed by atoms with Crippen LogP contribution >= 0.6 is 11.6 Å². The molecule has 4 atom stereocenters. The molecule has 0 bridgehead atoms. The van der Waals surface area contributed by atoms with Crippen molar-refractivity contribution >= 4 is 47.9 Å². The van der Waals surface area contributed by atoms with E-state index < -0.39 is 55.1 Å². The zero-order valence-electron chi connectivity index (χ0n) is 31.1. The summed E-state index contributed by atoms with van der Waals surface area (Å²) in [5.41, 5.74) is -1.32. The summed E-state index contributed by atoms with van der Waals surface area (Å²) in [5.74, 6) is 0.206. The van der Waals surface area contributed by atoms with Crippen LogP contribution in [-0.2, 0) is 11.3 Å². The van der Waals surface area contributed by atoms with Gasteiger partial charge in [0.2, 0.25) is 0 Å². The number of alkyl halides is 2. The van der Waals surface area contributed by atoms with Gasteiger partial charge >= 0.3 is 19.2 Å². The van der Waals surface area contributed by atoms with Crippen molar-refractivity contribution in [3.63, 3.8) is 0 Å². The van der Waals surface area contributed by atoms with Crippen LogP contribution in [0.15, 0.2) is 72.8 Å². The van der Waals surface area contributed by atoms with E-state index in [9.17, 15) is 28.6 Å². The summed E-state index contributed by atoms with van der Waals surface area (Å²) >= 11 is 5.83. The van der Waals surface area contributed by atoms with Gasteiger partial charge in [0.25, 0.3) is 0 Å². The SMILES string of the molecule is CC1C(O)N(c2cc(C(C)(C)F)c(-c3ccccc3)nn2)C(=O)N1C.CC1C(O)N(c2cc(C(C)(C)F)c(Cl)nn2)C(=O)N1C.OB(O)c1ccccc1. The van der Waals surface area contributed by atoms with Gasteiger partial charge in [0, 0.05) is 30.8 Å². The number of hydrogen-bond acceptors (Lipinski definition) is 10. The van der Waals surface area contributed by atoms with Gasteiger partial charge in [-0.2, -0.15) is 0 Å². The number of aliphatic hydroxyl groups excluding tert-OH is 2. The molecule has 0 saturated carbocycles. The molecule has 2 fully saturated rings. The molecule has 2 aliphatic rings. The number of hydrogen-bond donors (Lipinski definition) is 4. The molecule has 54 heavy (non-hydrogen) atoms. The number of urea groups is 2. The Morgan fingerprint density at radius 1 is 0.685 bits per heavy atom. The van der Waals surface area contributed by atoms with Gasteiger partial charge in [-0.25, -0.2) is 28.2 Å². The zero-order valence-corrected chi connectivity index (χ0v) is 31.9. The first kappa shape index (κ1) is 41.9. The van der Waals surface area contributed by atoms with Crippen LogP contribution in [0.2, 0.25) is 5.15 Å². The lowest BCUT2D eigenvalue weighted by Gasteiger charge is -2.23. The number of carbonyl (C=O) groups is 2. The van der Waals surface area contributed by atoms with E-state index in [0.29, 0.717) is 16.7 Å². The third-order valence-electron chi connectivity index (χ3n) is 9.07. The fraction of sp³-hybridized carbons (Fsp3) is 0.389. The standard InChI is InChI=1S/C18H21FN4O2.C12H16ClFN4O2.C6H7BO2/c1-11-16(24)23(17(25)22(11)4)14-10-13(18(2,3)19)15(21-20-14)12-8-6-5-7-9-12;1-6-10(19)18(11(20)17(6)4)8-5-7(12(2,3)14)9(13)16-15-8;8-7(9)6-4-2-1-3-5-6/h5-11,16,24H,1-4H3;5-6,10,19H,1-4H3;1-5,8-9H. The van der Waals surface area contributed by atoms with Crippen LogP contribution in [0.3, 0.4) is 0 Å². The summed E-state index contributed by atoms with van der Waals surface area (Å²) in [7, 11) is 1.83. The summed E-state index contributed by atoms with van der Waals surface area (Å²) in [5, 5.41) is 53.2. The molecule has 4 aromatic rings. The van der Waals surface area contributed by atoms with Crippen molar-refractivity contribution in [2.75, 3.05) is 23.9 Å². The van der Waals surface area contributed by atoms with Gasteiger partial charge in [-0.05, 0) is 59.1 Å². The van der Waals surface area contributed by atoms with E-state index >= 15 is 0 Å². The van der Waals surface area contributed by atoms with Gasteiger partial charge in [-0.1, -0.05) is 72.3 Å². The molecule has 14 nitrogen and oxygen atoms in total. The maximum Gasteiger partial charge on any atom is 0.488 e. The molecule has 0 radical (unpaired) electrons. The Balaban J connectivity index is 0.000000199. The number of likely N-dealkylation sites (N-methyl/N-ethyl adjacent to an activating group) is 2. The highest BCUT2D eigenvalue weighted by atomic mass is 35.5. The molecular formula is C36H44BClF2N8O6. The highest BCUT2D eigenvalue weighted by Gasteiger charge is 2.44. The molecule has 18 heteroatoms. The van der Waals surface area contributed by atoms with E-state index in [4.69, 9.17) is 21.6 Å². The molecule has 0 aliphatic carbocycles. The van der Waals surface area contributed by atoms with E-state index in [1.807, 2.05) is 36.4 Å². The van der Waals surface area contributed by atoms with E-state index in [2.05, 4.69) is 20.4 Å². The Bertz CT molecular complexity index is 1920. The maximum absolute atomic E-state index is 14.8. The lowest BCUT2D eigenvalue weighted by atomic mass is 9.81. The Morgan fingerprint density at radius 2 is 1.09 bits per heavy atom. The van der Waals surface area contributed by atoms with E-state index in [1.54, 1.807) is 52.2 Å². The number of aliphatic hydroxyl groups is 2. The van der Waals surface area contributed by atoms with E-state index in [1.165, 1.54) is 49.6 Å². The summed E-state index contributed by atoms with van der Waals surface area (Å²) in [6, 6.07) is 19.0. The molecule has 0 spiro atoms. The van der Waals surface area contributed by atoms with Crippen LogP contribution in [0, 0.1) is 0 Å². The highest BCUT2D eigenvalue weighted by Crippen LogP contribution is 2.36. The molecule has 4 unspecified atom stereocenters. The first-order valence-electron chi connectivity index (χ1n) is 16.9. The van der Waals surface area contributed by atoms with Crippen LogP contribution in [0.5, 0.6) is 0 Å². The van der Waals surface area contributed by atoms with Crippen molar-refractivity contribution < 1.29 is 38.6 Å². The number of amides is 4. The van der Waals surface area contributed by atoms with Crippen molar-refractivity contribution in [1.82, 2.24) is 30.2 Å². The van der Waals surface area contributed by atoms with E-state index in [-0.39, 0.29) is 22.4 Å². The van der Waals surface area contributed by atoms with Gasteiger partial charge < -0.3 is 30.1 Å². The Labute approximate surface area is 317 Å². The molecule has 2 aromatic heterocycles. The number of rotatable bonds is 6. The van der Waals surface area contributed by atoms with Crippen molar-refractivity contribution in [1.29, 1.82) is 0 Å². The summed E-state index contributed by atoms with van der Waals surface area (Å²) < 4.78 is 28.9. The van der Waals surface area contributed by atoms with Crippen molar-refractivity contribution in [2.45, 2.75) is 77.4 Å². The third-order valence-corrected chi connectivity index (χ3v) is 9.35. The number of benzene rings is 2. The lowest BCUT2D eigenvalue weighted by Crippen LogP contribution is -2.36. The van der Waals surface area contributed by atoms with Crippen molar-refractivity contribution in [3.8, 4) is 11.3 Å². The average Bonchev–Trinajstić information content (AvgIpc) is 3.45. The molecular weight excluding hydrogens is 725 g/mol. The average molecular weight is 769 g/mol. The predicted molar refractivity (Wildman–Crippen MR) is 201 cm³/mol. The molecule has 2 aliphatic heterocycles. The number of carbonyl (C=O) groups excluding carboxylic acids is 2. The van der Waals surface area contributed by atoms with Crippen molar-refractivity contribution in [3.05, 3.63) is 89.1 Å². The second-order valence-corrected chi connectivity index (χ2v) is 14.2. The third kappa shape index (κ3) is 9.10. The first-order chi connectivity index (χ1) is 25.2. The highest BCUT2D eigenvalue weighted by molar-refractivity contribution is 6.58. The smallest absolute Gasteiger partial charge is 0.423 e. The van der Waals surface area contributed by atoms with Crippen molar-refractivity contribution in [2.24, 2.45) is 0 Å². The number of anilines is 2. The minimum atomic E-state index is -1.73. The zero-order chi connectivity index (χ0) is 40.3. The first-order valence-corrected chi connectivity index (χ1v) is 17.3. The lowest BCUT2D eigenvalue weighted by molar-refractivity contribution is 0.138. The van der Waals surface area contributed by atoms with Gasteiger partial charge in [0.15, 0.2) is 29.2 Å². The maximum atomic E-state index is 14.8.